The van der Waals surface area contributed by atoms with Gasteiger partial charge in [0.15, 0.2) is 0 Å². The van der Waals surface area contributed by atoms with Crippen LogP contribution in [0.15, 0.2) is 74.6 Å². The number of nitrogen functional groups attached to an aromatic ring is 1. The highest BCUT2D eigenvalue weighted by Gasteiger charge is 2.18. The molecule has 0 saturated heterocycles. The summed E-state index contributed by atoms with van der Waals surface area (Å²) in [6, 6.07) is 11.0. The molecule has 11 nitrogen and oxygen atoms in total. The van der Waals surface area contributed by atoms with Crippen LogP contribution in [-0.4, -0.2) is 36.2 Å². The zero-order valence-corrected chi connectivity index (χ0v) is 18.0. The first-order valence-corrected chi connectivity index (χ1v) is 11.9. The van der Waals surface area contributed by atoms with Gasteiger partial charge in [-0.25, -0.2) is 0 Å². The molecular weight excluding hydrogens is 474 g/mol. The van der Waals surface area contributed by atoms with Crippen LogP contribution >= 0.6 is 0 Å². The fraction of sp³-hybridized carbons (Fsp3) is 0. The molecule has 0 aromatic heterocycles. The van der Waals surface area contributed by atoms with E-state index in [1.54, 1.807) is 0 Å². The number of phenolic OH excluding ortho intramolecular Hbond substituents is 2. The van der Waals surface area contributed by atoms with Crippen LogP contribution in [0, 0.1) is 0 Å². The predicted molar refractivity (Wildman–Crippen MR) is 119 cm³/mol. The van der Waals surface area contributed by atoms with E-state index in [1.165, 1.54) is 42.5 Å². The number of nitrogens with two attached hydrogens (primary N) is 1. The summed E-state index contributed by atoms with van der Waals surface area (Å²) in [4.78, 5) is -0.998. The third-order valence-electron chi connectivity index (χ3n) is 4.88. The minimum absolute atomic E-state index is 0.0375. The molecule has 13 heteroatoms. The molecule has 6 N–H and O–H groups in total. The maximum absolute atomic E-state index is 11.5. The summed E-state index contributed by atoms with van der Waals surface area (Å²) >= 11 is 0. The maximum atomic E-state index is 11.5. The Morgan fingerprint density at radius 2 is 1.24 bits per heavy atom. The molecule has 0 atom stereocenters. The van der Waals surface area contributed by atoms with Gasteiger partial charge in [0.1, 0.15) is 11.5 Å². The van der Waals surface area contributed by atoms with Gasteiger partial charge >= 0.3 is 0 Å². The summed E-state index contributed by atoms with van der Waals surface area (Å²) in [7, 11) is -9.14. The SMILES string of the molecule is Nc1ccc(/N=N\c2ccc(O)c3cc(S(=O)(=O)O)cc(O)c23)c2cc(S(=O)(=O)O)ccc12. The van der Waals surface area contributed by atoms with Crippen molar-refractivity contribution in [2.45, 2.75) is 9.79 Å². The minimum atomic E-state index is -4.65. The van der Waals surface area contributed by atoms with Crippen molar-refractivity contribution < 1.29 is 36.2 Å². The first-order valence-electron chi connectivity index (χ1n) is 9.04. The van der Waals surface area contributed by atoms with Crippen molar-refractivity contribution in [3.8, 4) is 11.5 Å². The van der Waals surface area contributed by atoms with Crippen LogP contribution < -0.4 is 5.73 Å². The van der Waals surface area contributed by atoms with Crippen molar-refractivity contribution in [3.05, 3.63) is 54.6 Å². The van der Waals surface area contributed by atoms with E-state index in [0.29, 0.717) is 11.1 Å². The summed E-state index contributed by atoms with van der Waals surface area (Å²) in [5.41, 5.74) is 6.49. The third-order valence-corrected chi connectivity index (χ3v) is 6.56. The van der Waals surface area contributed by atoms with Gasteiger partial charge in [-0.15, -0.1) is 10.2 Å². The number of anilines is 1. The molecule has 4 aromatic carbocycles. The largest absolute Gasteiger partial charge is 0.507 e. The van der Waals surface area contributed by atoms with Gasteiger partial charge in [-0.2, -0.15) is 16.8 Å². The van der Waals surface area contributed by atoms with E-state index < -0.39 is 30.9 Å². The molecule has 170 valence electrons. The number of hydrogen-bond donors (Lipinski definition) is 5. The molecule has 0 saturated carbocycles. The minimum Gasteiger partial charge on any atom is -0.507 e. The Hall–Kier alpha value is -3.78. The van der Waals surface area contributed by atoms with E-state index in [2.05, 4.69) is 10.2 Å². The second kappa shape index (κ2) is 7.67. The molecule has 4 rings (SSSR count). The summed E-state index contributed by atoms with van der Waals surface area (Å²) < 4.78 is 64.5. The van der Waals surface area contributed by atoms with Gasteiger partial charge in [0, 0.05) is 27.9 Å². The van der Waals surface area contributed by atoms with Crippen LogP contribution in [0.2, 0.25) is 0 Å². The quantitative estimate of drug-likeness (QED) is 0.160. The lowest BCUT2D eigenvalue weighted by Crippen LogP contribution is -1.98. The fourth-order valence-electron chi connectivity index (χ4n) is 3.33. The predicted octanol–water partition coefficient (Wildman–Crippen LogP) is 3.90. The van der Waals surface area contributed by atoms with E-state index in [1.807, 2.05) is 0 Å². The zero-order valence-electron chi connectivity index (χ0n) is 16.4. The van der Waals surface area contributed by atoms with Crippen LogP contribution in [0.25, 0.3) is 21.5 Å². The lowest BCUT2D eigenvalue weighted by atomic mass is 10.1. The number of hydrogen-bond acceptors (Lipinski definition) is 9. The van der Waals surface area contributed by atoms with Crippen molar-refractivity contribution in [3.63, 3.8) is 0 Å². The molecule has 0 heterocycles. The van der Waals surface area contributed by atoms with Crippen molar-refractivity contribution in [1.29, 1.82) is 0 Å². The number of rotatable bonds is 4. The molecule has 0 bridgehead atoms. The van der Waals surface area contributed by atoms with E-state index in [4.69, 9.17) is 5.73 Å². The molecule has 0 radical (unpaired) electrons. The smallest absolute Gasteiger partial charge is 0.294 e. The third kappa shape index (κ3) is 4.17. The van der Waals surface area contributed by atoms with Crippen LogP contribution in [0.5, 0.6) is 11.5 Å². The summed E-state index contributed by atoms with van der Waals surface area (Å²) in [6.07, 6.45) is 0. The fourth-order valence-corrected chi connectivity index (χ4v) is 4.36. The van der Waals surface area contributed by atoms with Gasteiger partial charge in [0.2, 0.25) is 0 Å². The highest BCUT2D eigenvalue weighted by Crippen LogP contribution is 2.41. The van der Waals surface area contributed by atoms with Crippen molar-refractivity contribution in [2.24, 2.45) is 10.2 Å². The molecule has 0 aliphatic rings. The Labute approximate surface area is 186 Å². The number of benzene rings is 4. The second-order valence-corrected chi connectivity index (χ2v) is 9.84. The van der Waals surface area contributed by atoms with Gasteiger partial charge in [-0.1, -0.05) is 6.07 Å². The topological polar surface area (TPSA) is 200 Å². The van der Waals surface area contributed by atoms with E-state index in [0.717, 1.165) is 12.1 Å². The molecule has 33 heavy (non-hydrogen) atoms. The summed E-state index contributed by atoms with van der Waals surface area (Å²) in [5, 5.41) is 29.2. The Bertz CT molecular complexity index is 1700. The number of aromatic hydroxyl groups is 2. The number of azo groups is 1. The molecule has 0 aliphatic heterocycles. The molecule has 0 fully saturated rings. The molecule has 4 aromatic rings. The van der Waals surface area contributed by atoms with Gasteiger partial charge in [0.25, 0.3) is 20.2 Å². The van der Waals surface area contributed by atoms with E-state index in [-0.39, 0.29) is 38.2 Å². The van der Waals surface area contributed by atoms with Gasteiger partial charge < -0.3 is 15.9 Å². The Morgan fingerprint density at radius 3 is 1.91 bits per heavy atom. The zero-order chi connectivity index (χ0) is 24.1. The Morgan fingerprint density at radius 1 is 0.636 bits per heavy atom. The lowest BCUT2D eigenvalue weighted by Gasteiger charge is -2.09. The standard InChI is InChI=1S/C20H15N3O8S2/c21-15-3-4-16(13-7-10(32(26,27)28)1-2-12(13)15)22-23-17-5-6-18(24)14-8-11(33(29,30)31)9-19(25)20(14)17/h1-9,24-25H,21H2,(H,26,27,28)(H,29,30,31)/b23-22-. The average Bonchev–Trinajstić information content (AvgIpc) is 2.73. The lowest BCUT2D eigenvalue weighted by molar-refractivity contribution is 0.468. The second-order valence-electron chi connectivity index (χ2n) is 7.00. The highest BCUT2D eigenvalue weighted by molar-refractivity contribution is 7.86. The number of nitrogens with zero attached hydrogens (tertiary/aromatic N) is 2. The Balaban J connectivity index is 1.92. The molecule has 0 amide bonds. The number of fused-ring (bicyclic) bond motifs is 2. The average molecular weight is 489 g/mol. The van der Waals surface area contributed by atoms with Crippen molar-refractivity contribution in [2.75, 3.05) is 5.73 Å². The molecular formula is C20H15N3O8S2. The first kappa shape index (κ1) is 22.4. The normalized spacial score (nSPS) is 12.7. The molecule has 0 unspecified atom stereocenters. The van der Waals surface area contributed by atoms with Crippen LogP contribution in [0.4, 0.5) is 17.1 Å². The van der Waals surface area contributed by atoms with Crippen LogP contribution in [0.3, 0.4) is 0 Å². The first-order chi connectivity index (χ1) is 15.4. The molecule has 0 aliphatic carbocycles. The van der Waals surface area contributed by atoms with Crippen LogP contribution in [0.1, 0.15) is 0 Å². The van der Waals surface area contributed by atoms with Crippen molar-refractivity contribution in [1.82, 2.24) is 0 Å². The molecule has 0 spiro atoms. The number of phenols is 2. The highest BCUT2D eigenvalue weighted by atomic mass is 32.2. The summed E-state index contributed by atoms with van der Waals surface area (Å²) in [6.45, 7) is 0. The van der Waals surface area contributed by atoms with Crippen molar-refractivity contribution >= 4 is 58.8 Å². The van der Waals surface area contributed by atoms with Crippen LogP contribution in [-0.2, 0) is 20.2 Å². The summed E-state index contributed by atoms with van der Waals surface area (Å²) in [5.74, 6) is -0.957. The van der Waals surface area contributed by atoms with Gasteiger partial charge in [0.05, 0.1) is 26.6 Å². The monoisotopic (exact) mass is 489 g/mol. The maximum Gasteiger partial charge on any atom is 0.294 e. The van der Waals surface area contributed by atoms with E-state index >= 15 is 0 Å². The van der Waals surface area contributed by atoms with Gasteiger partial charge in [-0.05, 0) is 42.5 Å². The van der Waals surface area contributed by atoms with E-state index in [9.17, 15) is 36.2 Å². The van der Waals surface area contributed by atoms with Gasteiger partial charge in [-0.3, -0.25) is 9.11 Å². The Kier molecular flexibility index (Phi) is 5.21.